The van der Waals surface area contributed by atoms with Crippen molar-refractivity contribution in [1.29, 1.82) is 0 Å². The van der Waals surface area contributed by atoms with Crippen molar-refractivity contribution in [2.75, 3.05) is 10.6 Å². The van der Waals surface area contributed by atoms with E-state index in [1.807, 2.05) is 30.5 Å². The second-order valence-corrected chi connectivity index (χ2v) is 7.08. The summed E-state index contributed by atoms with van der Waals surface area (Å²) in [5, 5.41) is 6.08. The predicted octanol–water partition coefficient (Wildman–Crippen LogP) is 4.85. The van der Waals surface area contributed by atoms with E-state index in [1.54, 1.807) is 6.20 Å². The van der Waals surface area contributed by atoms with Crippen LogP contribution in [-0.2, 0) is 22.4 Å². The Labute approximate surface area is 192 Å². The molecule has 7 nitrogen and oxygen atoms in total. The molecule has 14 heteroatoms. The van der Waals surface area contributed by atoms with Crippen molar-refractivity contribution < 1.29 is 40.3 Å². The van der Waals surface area contributed by atoms with E-state index >= 15 is 0 Å². The van der Waals surface area contributed by atoms with E-state index in [-0.39, 0.29) is 5.82 Å². The van der Waals surface area contributed by atoms with E-state index in [2.05, 4.69) is 31.7 Å². The van der Waals surface area contributed by atoms with Crippen LogP contribution in [0.15, 0.2) is 48.9 Å². The molecule has 6 bridgehead atoms. The highest BCUT2D eigenvalue weighted by molar-refractivity contribution is 6.41. The van der Waals surface area contributed by atoms with Gasteiger partial charge in [-0.2, -0.15) is 31.3 Å². The highest BCUT2D eigenvalue weighted by Gasteiger charge is 2.54. The molecule has 0 saturated carbocycles. The maximum atomic E-state index is 14.0. The Morgan fingerprint density at radius 3 is 2.09 bits per heavy atom. The number of nitrogens with zero attached hydrogens (tertiary/aromatic N) is 3. The van der Waals surface area contributed by atoms with Gasteiger partial charge in [0, 0.05) is 11.9 Å². The van der Waals surface area contributed by atoms with E-state index in [0.29, 0.717) is 5.95 Å². The molecule has 0 saturated heterocycles. The number of halogens is 7. The first-order chi connectivity index (χ1) is 16.3. The minimum atomic E-state index is -5.77. The highest BCUT2D eigenvalue weighted by atomic mass is 19.4. The number of fused-ring (bicyclic) bond motifs is 6. The molecule has 0 fully saturated rings. The Morgan fingerprint density at radius 2 is 1.43 bits per heavy atom. The number of aryl methyl sites for hydroxylation is 2. The monoisotopic (exact) mass is 501 g/mol. The molecule has 1 aromatic carbocycles. The number of ketones is 2. The SMILES string of the molecule is Fc1cnc2nc1Nc1cccc(c1)CCc1cncc(c1)N2.O=C(C(=O)C(F)(F)F)C(F)(F)F. The minimum Gasteiger partial charge on any atom is -0.338 e. The lowest BCUT2D eigenvalue weighted by atomic mass is 10.0. The molecule has 1 aliphatic rings. The normalized spacial score (nSPS) is 12.9. The number of carbonyl (C=O) groups excluding carboxylic acids is 2. The van der Waals surface area contributed by atoms with Crippen LogP contribution >= 0.6 is 0 Å². The van der Waals surface area contributed by atoms with Gasteiger partial charge in [-0.3, -0.25) is 14.6 Å². The van der Waals surface area contributed by atoms with Crippen LogP contribution in [0.25, 0.3) is 0 Å². The smallest absolute Gasteiger partial charge is 0.338 e. The van der Waals surface area contributed by atoms with Gasteiger partial charge in [-0.1, -0.05) is 12.1 Å². The Bertz CT molecular complexity index is 1220. The van der Waals surface area contributed by atoms with Gasteiger partial charge in [0.15, 0.2) is 11.6 Å². The number of hydrogen-bond donors (Lipinski definition) is 2. The first-order valence-corrected chi connectivity index (χ1v) is 9.65. The number of pyridine rings is 1. The van der Waals surface area contributed by atoms with Crippen molar-refractivity contribution in [2.45, 2.75) is 25.2 Å². The van der Waals surface area contributed by atoms with Crippen LogP contribution in [0.4, 0.5) is 53.9 Å². The van der Waals surface area contributed by atoms with Crippen molar-refractivity contribution in [3.05, 3.63) is 65.9 Å². The Hall–Kier alpha value is -4.10. The maximum absolute atomic E-state index is 14.0. The summed E-state index contributed by atoms with van der Waals surface area (Å²) in [5.41, 5.74) is 3.87. The van der Waals surface area contributed by atoms with E-state index in [1.165, 1.54) is 5.56 Å². The second-order valence-electron chi connectivity index (χ2n) is 7.08. The molecule has 1 aliphatic heterocycles. The molecule has 184 valence electrons. The molecule has 3 aromatic rings. The number of Topliss-reactive ketones (excluding diaryl/α,β-unsaturated/α-hetero) is 2. The predicted molar refractivity (Wildman–Crippen MR) is 109 cm³/mol. The Morgan fingerprint density at radius 1 is 0.800 bits per heavy atom. The summed E-state index contributed by atoms with van der Waals surface area (Å²) in [6, 6.07) is 9.91. The summed E-state index contributed by atoms with van der Waals surface area (Å²) in [6.45, 7) is 0. The second kappa shape index (κ2) is 10.0. The summed E-state index contributed by atoms with van der Waals surface area (Å²) in [6.07, 6.45) is -5.09. The minimum absolute atomic E-state index is 0.142. The van der Waals surface area contributed by atoms with Gasteiger partial charge in [-0.05, 0) is 42.2 Å². The number of anilines is 4. The average Bonchev–Trinajstić information content (AvgIpc) is 2.78. The van der Waals surface area contributed by atoms with Gasteiger partial charge in [-0.15, -0.1) is 0 Å². The third-order valence-corrected chi connectivity index (χ3v) is 4.41. The average molecular weight is 501 g/mol. The quantitative estimate of drug-likeness (QED) is 0.364. The van der Waals surface area contributed by atoms with Crippen LogP contribution < -0.4 is 10.6 Å². The summed E-state index contributed by atoms with van der Waals surface area (Å²) < 4.78 is 80.9. The fraction of sp³-hybridized carbons (Fsp3) is 0.190. The molecule has 0 atom stereocenters. The first kappa shape index (κ1) is 25.5. The zero-order chi connectivity index (χ0) is 25.8. The molecule has 0 radical (unpaired) electrons. The lowest BCUT2D eigenvalue weighted by Gasteiger charge is -2.09. The number of rotatable bonds is 1. The standard InChI is InChI=1S/C17H14FN5.C4F6O2/c18-15-10-20-17-22-14-7-12(8-19-9-14)5-4-11-2-1-3-13(6-11)21-16(15)23-17;5-3(6,7)1(11)2(12)4(8,9)10/h1-3,6-10H,4-5H2,(H2,20,21,22,23);. The van der Waals surface area contributed by atoms with Crippen LogP contribution in [0.2, 0.25) is 0 Å². The van der Waals surface area contributed by atoms with Crippen LogP contribution in [0.3, 0.4) is 0 Å². The van der Waals surface area contributed by atoms with Crippen LogP contribution in [-0.4, -0.2) is 38.9 Å². The fourth-order valence-corrected chi connectivity index (χ4v) is 2.82. The van der Waals surface area contributed by atoms with E-state index < -0.39 is 29.7 Å². The van der Waals surface area contributed by atoms with Gasteiger partial charge in [0.2, 0.25) is 5.95 Å². The van der Waals surface area contributed by atoms with Gasteiger partial charge in [0.25, 0.3) is 0 Å². The molecule has 2 aromatic heterocycles. The van der Waals surface area contributed by atoms with Crippen molar-refractivity contribution >= 4 is 34.7 Å². The molecular weight excluding hydrogens is 487 g/mol. The maximum Gasteiger partial charge on any atom is 0.458 e. The number of alkyl halides is 6. The number of hydrogen-bond acceptors (Lipinski definition) is 7. The summed E-state index contributed by atoms with van der Waals surface area (Å²) in [5.74, 6) is -6.85. The van der Waals surface area contributed by atoms with E-state index in [9.17, 15) is 40.3 Å². The van der Waals surface area contributed by atoms with Crippen LogP contribution in [0, 0.1) is 5.82 Å². The molecule has 2 N–H and O–H groups in total. The van der Waals surface area contributed by atoms with Gasteiger partial charge in [0.1, 0.15) is 0 Å². The lowest BCUT2D eigenvalue weighted by molar-refractivity contribution is -0.193. The number of carbonyl (C=O) groups is 2. The van der Waals surface area contributed by atoms with Gasteiger partial charge in [-0.25, -0.2) is 9.37 Å². The summed E-state index contributed by atoms with van der Waals surface area (Å²) in [7, 11) is 0. The zero-order valence-electron chi connectivity index (χ0n) is 17.3. The van der Waals surface area contributed by atoms with Crippen LogP contribution in [0.5, 0.6) is 0 Å². The third kappa shape index (κ3) is 6.94. The van der Waals surface area contributed by atoms with Gasteiger partial charge in [0.05, 0.1) is 18.1 Å². The molecule has 3 heterocycles. The van der Waals surface area contributed by atoms with E-state index in [0.717, 1.165) is 36.0 Å². The van der Waals surface area contributed by atoms with Crippen LogP contribution in [0.1, 0.15) is 11.1 Å². The molecule has 4 rings (SSSR count). The van der Waals surface area contributed by atoms with Crippen molar-refractivity contribution in [3.63, 3.8) is 0 Å². The lowest BCUT2D eigenvalue weighted by Crippen LogP contribution is -2.39. The zero-order valence-corrected chi connectivity index (χ0v) is 17.3. The van der Waals surface area contributed by atoms with Crippen molar-refractivity contribution in [1.82, 2.24) is 15.0 Å². The van der Waals surface area contributed by atoms with Gasteiger partial charge >= 0.3 is 23.9 Å². The largest absolute Gasteiger partial charge is 0.458 e. The molecular formula is C21H14F7N5O2. The number of benzene rings is 1. The summed E-state index contributed by atoms with van der Waals surface area (Å²) >= 11 is 0. The van der Waals surface area contributed by atoms with E-state index in [4.69, 9.17) is 0 Å². The molecule has 0 aliphatic carbocycles. The third-order valence-electron chi connectivity index (χ3n) is 4.41. The van der Waals surface area contributed by atoms with Crippen molar-refractivity contribution in [2.24, 2.45) is 0 Å². The van der Waals surface area contributed by atoms with Crippen molar-refractivity contribution in [3.8, 4) is 0 Å². The molecule has 35 heavy (non-hydrogen) atoms. The van der Waals surface area contributed by atoms with Gasteiger partial charge < -0.3 is 10.6 Å². The number of nitrogens with one attached hydrogen (secondary N) is 2. The first-order valence-electron chi connectivity index (χ1n) is 9.65. The molecule has 0 spiro atoms. The Balaban J connectivity index is 0.000000245. The highest BCUT2D eigenvalue weighted by Crippen LogP contribution is 2.25. The fourth-order valence-electron chi connectivity index (χ4n) is 2.82. The topological polar surface area (TPSA) is 96.9 Å². The molecule has 0 amide bonds. The summed E-state index contributed by atoms with van der Waals surface area (Å²) in [4.78, 5) is 31.7. The number of aromatic nitrogens is 3. The Kier molecular flexibility index (Phi) is 7.31. The molecule has 0 unspecified atom stereocenters.